The molecule has 0 spiro atoms. The molecule has 1 heterocycles. The lowest BCUT2D eigenvalue weighted by molar-refractivity contribution is -0.146. The van der Waals surface area contributed by atoms with Crippen molar-refractivity contribution in [1.29, 1.82) is 0 Å². The highest BCUT2D eigenvalue weighted by Crippen LogP contribution is 2.28. The third-order valence-corrected chi connectivity index (χ3v) is 3.70. The highest BCUT2D eigenvalue weighted by Gasteiger charge is 2.31. The Balaban J connectivity index is 2.17. The van der Waals surface area contributed by atoms with Gasteiger partial charge in [0.05, 0.1) is 21.3 Å². The number of carbonyl (C=O) groups excluding carboxylic acids is 1. The Labute approximate surface area is 119 Å². The quantitative estimate of drug-likeness (QED) is 0.770. The van der Waals surface area contributed by atoms with Gasteiger partial charge in [0, 0.05) is 12.1 Å². The van der Waals surface area contributed by atoms with Gasteiger partial charge in [0.1, 0.15) is 17.5 Å². The van der Waals surface area contributed by atoms with Gasteiger partial charge in [0.2, 0.25) is 0 Å². The summed E-state index contributed by atoms with van der Waals surface area (Å²) in [4.78, 5) is 13.9. The highest BCUT2D eigenvalue weighted by molar-refractivity contribution is 5.76. The second kappa shape index (κ2) is 6.61. The van der Waals surface area contributed by atoms with E-state index in [0.717, 1.165) is 36.4 Å². The van der Waals surface area contributed by atoms with Gasteiger partial charge in [-0.3, -0.25) is 9.69 Å². The summed E-state index contributed by atoms with van der Waals surface area (Å²) in [5.41, 5.74) is 1.02. The standard InChI is InChI=1S/C15H21NO4/c1-18-12-6-7-14(19-2)11(9-12)10-16-8-4-5-13(16)15(17)20-3/h6-7,9,13H,4-5,8,10H2,1-3H3. The van der Waals surface area contributed by atoms with Gasteiger partial charge in [0.15, 0.2) is 0 Å². The smallest absolute Gasteiger partial charge is 0.323 e. The molecule has 0 aliphatic carbocycles. The minimum absolute atomic E-state index is 0.157. The van der Waals surface area contributed by atoms with Gasteiger partial charge in [-0.05, 0) is 37.6 Å². The van der Waals surface area contributed by atoms with Crippen LogP contribution < -0.4 is 9.47 Å². The van der Waals surface area contributed by atoms with E-state index in [2.05, 4.69) is 4.90 Å². The lowest BCUT2D eigenvalue weighted by Crippen LogP contribution is -2.36. The predicted molar refractivity (Wildman–Crippen MR) is 75.0 cm³/mol. The molecule has 1 fully saturated rings. The molecule has 1 atom stereocenters. The lowest BCUT2D eigenvalue weighted by Gasteiger charge is -2.23. The zero-order valence-electron chi connectivity index (χ0n) is 12.2. The molecule has 0 aromatic heterocycles. The second-order valence-electron chi connectivity index (χ2n) is 4.83. The molecule has 1 aromatic carbocycles. The lowest BCUT2D eigenvalue weighted by atomic mass is 10.1. The van der Waals surface area contributed by atoms with Crippen LogP contribution >= 0.6 is 0 Å². The second-order valence-corrected chi connectivity index (χ2v) is 4.83. The molecular weight excluding hydrogens is 258 g/mol. The first kappa shape index (κ1) is 14.7. The Bertz CT molecular complexity index is 475. The third-order valence-electron chi connectivity index (χ3n) is 3.70. The molecule has 0 N–H and O–H groups in total. The van der Waals surface area contributed by atoms with E-state index in [1.807, 2.05) is 18.2 Å². The Kier molecular flexibility index (Phi) is 4.84. The molecule has 1 saturated heterocycles. The van der Waals surface area contributed by atoms with E-state index < -0.39 is 0 Å². The first-order valence-electron chi connectivity index (χ1n) is 6.72. The average Bonchev–Trinajstić information content (AvgIpc) is 2.94. The minimum atomic E-state index is -0.163. The molecule has 20 heavy (non-hydrogen) atoms. The number of carbonyl (C=O) groups is 1. The van der Waals surface area contributed by atoms with Gasteiger partial charge < -0.3 is 14.2 Å². The van der Waals surface area contributed by atoms with Crippen molar-refractivity contribution in [3.63, 3.8) is 0 Å². The van der Waals surface area contributed by atoms with Crippen molar-refractivity contribution < 1.29 is 19.0 Å². The summed E-state index contributed by atoms with van der Waals surface area (Å²) in [5, 5.41) is 0. The molecule has 2 rings (SSSR count). The number of nitrogens with zero attached hydrogens (tertiary/aromatic N) is 1. The fraction of sp³-hybridized carbons (Fsp3) is 0.533. The van der Waals surface area contributed by atoms with Crippen molar-refractivity contribution in [1.82, 2.24) is 4.90 Å². The van der Waals surface area contributed by atoms with Crippen LogP contribution in [0.1, 0.15) is 18.4 Å². The highest BCUT2D eigenvalue weighted by atomic mass is 16.5. The van der Waals surface area contributed by atoms with E-state index in [1.54, 1.807) is 14.2 Å². The van der Waals surface area contributed by atoms with E-state index in [-0.39, 0.29) is 12.0 Å². The maximum Gasteiger partial charge on any atom is 0.323 e. The van der Waals surface area contributed by atoms with Crippen LogP contribution in [0.5, 0.6) is 11.5 Å². The third kappa shape index (κ3) is 3.04. The van der Waals surface area contributed by atoms with Crippen LogP contribution in [-0.2, 0) is 16.1 Å². The Morgan fingerprint density at radius 3 is 2.75 bits per heavy atom. The van der Waals surface area contributed by atoms with E-state index >= 15 is 0 Å². The zero-order valence-corrected chi connectivity index (χ0v) is 12.2. The summed E-state index contributed by atoms with van der Waals surface area (Å²) >= 11 is 0. The fourth-order valence-corrected chi connectivity index (χ4v) is 2.64. The number of ether oxygens (including phenoxy) is 3. The maximum atomic E-state index is 11.8. The number of likely N-dealkylation sites (tertiary alicyclic amines) is 1. The fourth-order valence-electron chi connectivity index (χ4n) is 2.64. The van der Waals surface area contributed by atoms with Crippen LogP contribution in [0.25, 0.3) is 0 Å². The number of hydrogen-bond donors (Lipinski definition) is 0. The summed E-state index contributed by atoms with van der Waals surface area (Å²) in [6.07, 6.45) is 1.85. The van der Waals surface area contributed by atoms with Gasteiger partial charge in [-0.1, -0.05) is 0 Å². The van der Waals surface area contributed by atoms with Crippen LogP contribution in [0, 0.1) is 0 Å². The molecule has 1 aliphatic heterocycles. The van der Waals surface area contributed by atoms with Crippen molar-refractivity contribution >= 4 is 5.97 Å². The summed E-state index contributed by atoms with van der Waals surface area (Å²) in [6.45, 7) is 1.54. The molecule has 1 aromatic rings. The molecule has 110 valence electrons. The van der Waals surface area contributed by atoms with Gasteiger partial charge in [-0.2, -0.15) is 0 Å². The molecule has 1 unspecified atom stereocenters. The summed E-state index contributed by atoms with van der Waals surface area (Å²) in [6, 6.07) is 5.54. The first-order valence-corrected chi connectivity index (χ1v) is 6.72. The van der Waals surface area contributed by atoms with Crippen LogP contribution in [0.2, 0.25) is 0 Å². The number of benzene rings is 1. The Morgan fingerprint density at radius 1 is 1.30 bits per heavy atom. The summed E-state index contributed by atoms with van der Waals surface area (Å²) in [7, 11) is 4.72. The van der Waals surface area contributed by atoms with Gasteiger partial charge in [0.25, 0.3) is 0 Å². The Morgan fingerprint density at radius 2 is 2.10 bits per heavy atom. The normalized spacial score (nSPS) is 18.9. The predicted octanol–water partition coefficient (Wildman–Crippen LogP) is 1.84. The molecular formula is C15H21NO4. The minimum Gasteiger partial charge on any atom is -0.497 e. The zero-order chi connectivity index (χ0) is 14.5. The average molecular weight is 279 g/mol. The summed E-state index contributed by atoms with van der Waals surface area (Å²) in [5.74, 6) is 1.43. The van der Waals surface area contributed by atoms with Crippen LogP contribution in [0.4, 0.5) is 0 Å². The van der Waals surface area contributed by atoms with E-state index in [9.17, 15) is 4.79 Å². The van der Waals surface area contributed by atoms with Crippen molar-refractivity contribution in [2.45, 2.75) is 25.4 Å². The van der Waals surface area contributed by atoms with Crippen molar-refractivity contribution in [2.75, 3.05) is 27.9 Å². The van der Waals surface area contributed by atoms with Crippen LogP contribution in [-0.4, -0.2) is 44.8 Å². The first-order chi connectivity index (χ1) is 9.69. The SMILES string of the molecule is COC(=O)C1CCCN1Cc1cc(OC)ccc1OC. The van der Waals surface area contributed by atoms with Gasteiger partial charge in [-0.25, -0.2) is 0 Å². The van der Waals surface area contributed by atoms with E-state index in [1.165, 1.54) is 7.11 Å². The molecule has 0 amide bonds. The molecule has 0 radical (unpaired) electrons. The monoisotopic (exact) mass is 279 g/mol. The van der Waals surface area contributed by atoms with Crippen molar-refractivity contribution in [3.05, 3.63) is 23.8 Å². The molecule has 1 aliphatic rings. The Hall–Kier alpha value is -1.75. The number of methoxy groups -OCH3 is 3. The molecule has 0 bridgehead atoms. The van der Waals surface area contributed by atoms with Gasteiger partial charge in [-0.15, -0.1) is 0 Å². The van der Waals surface area contributed by atoms with E-state index in [4.69, 9.17) is 14.2 Å². The van der Waals surface area contributed by atoms with Crippen molar-refractivity contribution in [3.8, 4) is 11.5 Å². The van der Waals surface area contributed by atoms with Crippen LogP contribution in [0.15, 0.2) is 18.2 Å². The number of hydrogen-bond acceptors (Lipinski definition) is 5. The van der Waals surface area contributed by atoms with Gasteiger partial charge >= 0.3 is 5.97 Å². The topological polar surface area (TPSA) is 48.0 Å². The maximum absolute atomic E-state index is 11.8. The largest absolute Gasteiger partial charge is 0.497 e. The number of esters is 1. The van der Waals surface area contributed by atoms with Crippen molar-refractivity contribution in [2.24, 2.45) is 0 Å². The molecule has 5 heteroatoms. The molecule has 0 saturated carbocycles. The molecule has 5 nitrogen and oxygen atoms in total. The van der Waals surface area contributed by atoms with E-state index in [0.29, 0.717) is 6.54 Å². The number of rotatable bonds is 5. The summed E-state index contributed by atoms with van der Waals surface area (Å²) < 4.78 is 15.5. The van der Waals surface area contributed by atoms with Crippen LogP contribution in [0.3, 0.4) is 0 Å².